The molecule has 0 aliphatic carbocycles. The van der Waals surface area contributed by atoms with Crippen molar-refractivity contribution in [1.82, 2.24) is 5.32 Å². The number of ether oxygens (including phenoxy) is 2. The van der Waals surface area contributed by atoms with E-state index in [4.69, 9.17) is 21.1 Å². The van der Waals surface area contributed by atoms with Gasteiger partial charge in [-0.2, -0.15) is 0 Å². The van der Waals surface area contributed by atoms with Crippen LogP contribution in [-0.4, -0.2) is 25.2 Å². The van der Waals surface area contributed by atoms with Crippen LogP contribution in [0.1, 0.15) is 30.9 Å². The Labute approximate surface area is 173 Å². The van der Waals surface area contributed by atoms with Gasteiger partial charge in [-0.3, -0.25) is 4.79 Å². The van der Waals surface area contributed by atoms with E-state index in [0.717, 1.165) is 15.6 Å². The third kappa shape index (κ3) is 4.84. The molecule has 3 rings (SSSR count). The van der Waals surface area contributed by atoms with Crippen molar-refractivity contribution in [2.24, 2.45) is 0 Å². The number of hydrogen-bond donors (Lipinski definition) is 1. The van der Waals surface area contributed by atoms with Crippen LogP contribution in [0.5, 0.6) is 5.75 Å². The van der Waals surface area contributed by atoms with Gasteiger partial charge in [-0.05, 0) is 62.1 Å². The monoisotopic (exact) mass is 451 g/mol. The number of benzene rings is 2. The molecular formula is C21H23BrClNO3. The summed E-state index contributed by atoms with van der Waals surface area (Å²) < 4.78 is 12.4. The minimum atomic E-state index is -0.670. The molecule has 0 radical (unpaired) electrons. The Morgan fingerprint density at radius 3 is 2.70 bits per heavy atom. The molecule has 1 aliphatic heterocycles. The summed E-state index contributed by atoms with van der Waals surface area (Å²) in [5.41, 5.74) is 1.62. The first-order chi connectivity index (χ1) is 12.9. The number of hydrogen-bond acceptors (Lipinski definition) is 3. The van der Waals surface area contributed by atoms with Crippen molar-refractivity contribution >= 4 is 33.4 Å². The third-order valence-corrected chi connectivity index (χ3v) is 5.65. The number of aryl methyl sites for hydroxylation is 1. The van der Waals surface area contributed by atoms with E-state index in [-0.39, 0.29) is 5.91 Å². The second-order valence-electron chi connectivity index (χ2n) is 6.89. The summed E-state index contributed by atoms with van der Waals surface area (Å²) in [7, 11) is 0. The van der Waals surface area contributed by atoms with Crippen molar-refractivity contribution < 1.29 is 14.3 Å². The predicted octanol–water partition coefficient (Wildman–Crippen LogP) is 5.00. The summed E-state index contributed by atoms with van der Waals surface area (Å²) in [6, 6.07) is 13.6. The molecule has 2 aromatic carbocycles. The molecule has 2 aromatic rings. The van der Waals surface area contributed by atoms with Crippen molar-refractivity contribution in [1.29, 1.82) is 0 Å². The van der Waals surface area contributed by atoms with E-state index in [0.29, 0.717) is 36.8 Å². The molecule has 1 saturated heterocycles. The number of rotatable bonds is 5. The Morgan fingerprint density at radius 2 is 2.00 bits per heavy atom. The normalized spacial score (nSPS) is 17.2. The molecule has 0 spiro atoms. The third-order valence-electron chi connectivity index (χ3n) is 4.85. The molecule has 1 fully saturated rings. The van der Waals surface area contributed by atoms with Gasteiger partial charge in [0, 0.05) is 17.7 Å². The quantitative estimate of drug-likeness (QED) is 0.694. The van der Waals surface area contributed by atoms with E-state index in [1.54, 1.807) is 13.0 Å². The summed E-state index contributed by atoms with van der Waals surface area (Å²) in [5, 5.41) is 3.72. The molecular weight excluding hydrogens is 430 g/mol. The van der Waals surface area contributed by atoms with Crippen LogP contribution in [0.3, 0.4) is 0 Å². The van der Waals surface area contributed by atoms with Gasteiger partial charge in [0.15, 0.2) is 6.10 Å². The fraction of sp³-hybridized carbons (Fsp3) is 0.381. The van der Waals surface area contributed by atoms with Gasteiger partial charge in [-0.25, -0.2) is 0 Å². The van der Waals surface area contributed by atoms with Crippen molar-refractivity contribution in [3.05, 3.63) is 63.1 Å². The summed E-state index contributed by atoms with van der Waals surface area (Å²) in [4.78, 5) is 12.9. The second-order valence-corrected chi connectivity index (χ2v) is 8.21. The molecule has 1 atom stereocenters. The molecule has 0 saturated carbocycles. The molecule has 0 aromatic heterocycles. The highest BCUT2D eigenvalue weighted by atomic mass is 79.9. The molecule has 4 nitrogen and oxygen atoms in total. The lowest BCUT2D eigenvalue weighted by atomic mass is 9.82. The molecule has 1 unspecified atom stereocenters. The minimum Gasteiger partial charge on any atom is -0.479 e. The van der Waals surface area contributed by atoms with Crippen LogP contribution in [0.4, 0.5) is 0 Å². The van der Waals surface area contributed by atoms with Crippen LogP contribution in [-0.2, 0) is 15.1 Å². The second kappa shape index (κ2) is 8.63. The number of halogens is 2. The standard InChI is InChI=1S/C21H23BrClNO3/c1-14-6-7-18(23)19(12-14)27-15(2)20(25)24-21(8-10-26-11-9-21)16-4-3-5-17(22)13-16/h3-7,12-13,15H,8-11H2,1-2H3,(H,24,25). The highest BCUT2D eigenvalue weighted by molar-refractivity contribution is 9.10. The zero-order valence-corrected chi connectivity index (χ0v) is 17.8. The van der Waals surface area contributed by atoms with Gasteiger partial charge in [0.05, 0.1) is 10.6 Å². The first-order valence-corrected chi connectivity index (χ1v) is 10.2. The maximum Gasteiger partial charge on any atom is 0.261 e. The van der Waals surface area contributed by atoms with E-state index < -0.39 is 11.6 Å². The van der Waals surface area contributed by atoms with Crippen molar-refractivity contribution in [3.8, 4) is 5.75 Å². The lowest BCUT2D eigenvalue weighted by Gasteiger charge is -2.39. The summed E-state index contributed by atoms with van der Waals surface area (Å²) >= 11 is 9.72. The number of amides is 1. The maximum absolute atomic E-state index is 12.9. The van der Waals surface area contributed by atoms with Crippen molar-refractivity contribution in [2.75, 3.05) is 13.2 Å². The minimum absolute atomic E-state index is 0.172. The number of carbonyl (C=O) groups is 1. The van der Waals surface area contributed by atoms with E-state index in [9.17, 15) is 4.79 Å². The fourth-order valence-electron chi connectivity index (χ4n) is 3.27. The molecule has 0 bridgehead atoms. The maximum atomic E-state index is 12.9. The lowest BCUT2D eigenvalue weighted by molar-refractivity contribution is -0.130. The van der Waals surface area contributed by atoms with Gasteiger partial charge >= 0.3 is 0 Å². The van der Waals surface area contributed by atoms with Gasteiger partial charge in [-0.15, -0.1) is 0 Å². The topological polar surface area (TPSA) is 47.6 Å². The number of nitrogens with one attached hydrogen (secondary N) is 1. The van der Waals surface area contributed by atoms with Crippen LogP contribution >= 0.6 is 27.5 Å². The largest absolute Gasteiger partial charge is 0.479 e. The van der Waals surface area contributed by atoms with Gasteiger partial charge < -0.3 is 14.8 Å². The van der Waals surface area contributed by atoms with E-state index in [2.05, 4.69) is 27.3 Å². The summed E-state index contributed by atoms with van der Waals surface area (Å²) in [5.74, 6) is 0.345. The van der Waals surface area contributed by atoms with Crippen LogP contribution in [0, 0.1) is 6.92 Å². The smallest absolute Gasteiger partial charge is 0.261 e. The molecule has 1 heterocycles. The SMILES string of the molecule is Cc1ccc(Cl)c(OC(C)C(=O)NC2(c3cccc(Br)c3)CCOCC2)c1. The van der Waals surface area contributed by atoms with Crippen LogP contribution in [0.25, 0.3) is 0 Å². The van der Waals surface area contributed by atoms with E-state index in [1.165, 1.54) is 0 Å². The molecule has 1 amide bonds. The van der Waals surface area contributed by atoms with Crippen molar-refractivity contribution in [2.45, 2.75) is 38.3 Å². The summed E-state index contributed by atoms with van der Waals surface area (Å²) in [6.45, 7) is 4.90. The average molecular weight is 453 g/mol. The fourth-order valence-corrected chi connectivity index (χ4v) is 3.84. The molecule has 144 valence electrons. The van der Waals surface area contributed by atoms with Gasteiger partial charge in [0.2, 0.25) is 0 Å². The Balaban J connectivity index is 1.79. The molecule has 1 aliphatic rings. The number of carbonyl (C=O) groups excluding carboxylic acids is 1. The summed E-state index contributed by atoms with van der Waals surface area (Å²) in [6.07, 6.45) is 0.761. The Kier molecular flexibility index (Phi) is 6.45. The Bertz CT molecular complexity index is 821. The van der Waals surface area contributed by atoms with E-state index >= 15 is 0 Å². The van der Waals surface area contributed by atoms with Gasteiger partial charge in [-0.1, -0.05) is 45.7 Å². The van der Waals surface area contributed by atoms with E-state index in [1.807, 2.05) is 37.3 Å². The first kappa shape index (κ1) is 20.2. The van der Waals surface area contributed by atoms with Crippen molar-refractivity contribution in [3.63, 3.8) is 0 Å². The molecule has 27 heavy (non-hydrogen) atoms. The van der Waals surface area contributed by atoms with Crippen LogP contribution in [0.15, 0.2) is 46.9 Å². The first-order valence-electron chi connectivity index (χ1n) is 8.98. The van der Waals surface area contributed by atoms with Gasteiger partial charge in [0.25, 0.3) is 5.91 Å². The predicted molar refractivity (Wildman–Crippen MR) is 110 cm³/mol. The average Bonchev–Trinajstić information content (AvgIpc) is 2.65. The van der Waals surface area contributed by atoms with Crippen LogP contribution in [0.2, 0.25) is 5.02 Å². The van der Waals surface area contributed by atoms with Gasteiger partial charge in [0.1, 0.15) is 5.75 Å². The lowest BCUT2D eigenvalue weighted by Crippen LogP contribution is -2.52. The molecule has 1 N–H and O–H groups in total. The van der Waals surface area contributed by atoms with Crippen LogP contribution < -0.4 is 10.1 Å². The zero-order chi connectivity index (χ0) is 19.4. The highest BCUT2D eigenvalue weighted by Crippen LogP contribution is 2.34. The Hall–Kier alpha value is -1.56. The highest BCUT2D eigenvalue weighted by Gasteiger charge is 2.37. The molecule has 6 heteroatoms. The Morgan fingerprint density at radius 1 is 1.26 bits per heavy atom. The zero-order valence-electron chi connectivity index (χ0n) is 15.4.